The third-order valence-corrected chi connectivity index (χ3v) is 3.09. The van der Waals surface area contributed by atoms with Gasteiger partial charge < -0.3 is 9.88 Å². The molecule has 7 nitrogen and oxygen atoms in total. The summed E-state index contributed by atoms with van der Waals surface area (Å²) in [6, 6.07) is 0. The van der Waals surface area contributed by atoms with Crippen molar-refractivity contribution in [3.8, 4) is 0 Å². The fourth-order valence-electron chi connectivity index (χ4n) is 1.28. The van der Waals surface area contributed by atoms with Gasteiger partial charge in [0.05, 0.1) is 12.8 Å². The number of hydrogen-bond acceptors (Lipinski definition) is 5. The van der Waals surface area contributed by atoms with E-state index in [1.54, 1.807) is 0 Å². The predicted octanol–water partition coefficient (Wildman–Crippen LogP) is -0.848. The van der Waals surface area contributed by atoms with Crippen LogP contribution in [0.5, 0.6) is 0 Å². The quantitative estimate of drug-likeness (QED) is 0.624. The molecular weight excluding hydrogens is 242 g/mol. The first kappa shape index (κ1) is 14.1. The predicted molar refractivity (Wildman–Crippen MR) is 64.9 cm³/mol. The summed E-state index contributed by atoms with van der Waals surface area (Å²) in [6.45, 7) is 3.71. The first-order valence-corrected chi connectivity index (χ1v) is 7.29. The zero-order valence-electron chi connectivity index (χ0n) is 10.4. The lowest BCUT2D eigenvalue weighted by atomic mass is 10.4. The molecule has 0 spiro atoms. The van der Waals surface area contributed by atoms with Crippen LogP contribution in [-0.2, 0) is 23.6 Å². The molecule has 0 bridgehead atoms. The Balaban J connectivity index is 2.15. The molecule has 0 amide bonds. The van der Waals surface area contributed by atoms with E-state index in [0.29, 0.717) is 13.1 Å². The normalized spacial score (nSPS) is 11.9. The van der Waals surface area contributed by atoms with E-state index >= 15 is 0 Å². The molecule has 0 saturated heterocycles. The average molecular weight is 261 g/mol. The van der Waals surface area contributed by atoms with Crippen LogP contribution >= 0.6 is 0 Å². The van der Waals surface area contributed by atoms with E-state index in [4.69, 9.17) is 0 Å². The summed E-state index contributed by atoms with van der Waals surface area (Å²) >= 11 is 0. The zero-order chi connectivity index (χ0) is 12.9. The minimum Gasteiger partial charge on any atom is -0.317 e. The minimum atomic E-state index is -3.07. The zero-order valence-corrected chi connectivity index (χ0v) is 11.2. The van der Waals surface area contributed by atoms with Crippen LogP contribution in [0, 0.1) is 6.92 Å². The largest absolute Gasteiger partial charge is 0.317 e. The van der Waals surface area contributed by atoms with Crippen LogP contribution in [0.3, 0.4) is 0 Å². The van der Waals surface area contributed by atoms with E-state index in [1.165, 1.54) is 0 Å². The molecule has 0 aliphatic rings. The molecule has 0 atom stereocenters. The summed E-state index contributed by atoms with van der Waals surface area (Å²) in [4.78, 5) is 0. The van der Waals surface area contributed by atoms with Crippen LogP contribution in [0.1, 0.15) is 18.1 Å². The SMILES string of the molecule is Cc1nnc(CNCCCNS(C)(=O)=O)n1C. The lowest BCUT2D eigenvalue weighted by molar-refractivity contribution is 0.574. The van der Waals surface area contributed by atoms with Crippen molar-refractivity contribution >= 4 is 10.0 Å². The maximum Gasteiger partial charge on any atom is 0.208 e. The lowest BCUT2D eigenvalue weighted by Crippen LogP contribution is -2.26. The molecule has 1 aromatic rings. The van der Waals surface area contributed by atoms with Gasteiger partial charge in [-0.05, 0) is 19.9 Å². The van der Waals surface area contributed by atoms with Gasteiger partial charge in [0.1, 0.15) is 11.6 Å². The maximum absolute atomic E-state index is 10.8. The minimum absolute atomic E-state index is 0.448. The van der Waals surface area contributed by atoms with Crippen molar-refractivity contribution in [3.05, 3.63) is 11.6 Å². The van der Waals surface area contributed by atoms with Crippen molar-refractivity contribution < 1.29 is 8.42 Å². The Kier molecular flexibility index (Phi) is 5.03. The number of sulfonamides is 1. The second kappa shape index (κ2) is 6.08. The highest BCUT2D eigenvalue weighted by Gasteiger charge is 2.03. The average Bonchev–Trinajstić information content (AvgIpc) is 2.53. The van der Waals surface area contributed by atoms with Gasteiger partial charge in [0, 0.05) is 13.6 Å². The summed E-state index contributed by atoms with van der Waals surface area (Å²) in [5.74, 6) is 1.75. The molecule has 0 fully saturated rings. The summed E-state index contributed by atoms with van der Waals surface area (Å²) in [6.07, 6.45) is 1.90. The molecule has 0 saturated carbocycles. The first-order valence-electron chi connectivity index (χ1n) is 5.40. The second-order valence-electron chi connectivity index (χ2n) is 3.92. The number of nitrogens with zero attached hydrogens (tertiary/aromatic N) is 3. The number of aromatic nitrogens is 3. The number of rotatable bonds is 7. The Hall–Kier alpha value is -0.990. The summed E-state index contributed by atoms with van der Waals surface area (Å²) in [5, 5.41) is 11.1. The lowest BCUT2D eigenvalue weighted by Gasteiger charge is -2.05. The fraction of sp³-hybridized carbons (Fsp3) is 0.778. The van der Waals surface area contributed by atoms with Gasteiger partial charge in [0.15, 0.2) is 0 Å². The summed E-state index contributed by atoms with van der Waals surface area (Å²) in [5.41, 5.74) is 0. The van der Waals surface area contributed by atoms with Gasteiger partial charge in [-0.15, -0.1) is 10.2 Å². The van der Waals surface area contributed by atoms with Gasteiger partial charge in [-0.25, -0.2) is 13.1 Å². The Labute approximate surface area is 102 Å². The van der Waals surface area contributed by atoms with E-state index in [9.17, 15) is 8.42 Å². The number of nitrogens with one attached hydrogen (secondary N) is 2. The van der Waals surface area contributed by atoms with Crippen LogP contribution in [0.2, 0.25) is 0 Å². The van der Waals surface area contributed by atoms with Crippen molar-refractivity contribution in [1.82, 2.24) is 24.8 Å². The highest BCUT2D eigenvalue weighted by Crippen LogP contribution is 1.96. The van der Waals surface area contributed by atoms with Gasteiger partial charge in [0.2, 0.25) is 10.0 Å². The highest BCUT2D eigenvalue weighted by atomic mass is 32.2. The second-order valence-corrected chi connectivity index (χ2v) is 5.75. The van der Waals surface area contributed by atoms with Gasteiger partial charge in [-0.3, -0.25) is 0 Å². The third-order valence-electron chi connectivity index (χ3n) is 2.36. The first-order chi connectivity index (χ1) is 7.90. The molecular formula is C9H19N5O2S. The molecule has 1 rings (SSSR count). The molecule has 1 aromatic heterocycles. The molecule has 0 aliphatic carbocycles. The fourth-order valence-corrected chi connectivity index (χ4v) is 1.79. The topological polar surface area (TPSA) is 88.9 Å². The van der Waals surface area contributed by atoms with Crippen LogP contribution in [0.15, 0.2) is 0 Å². The van der Waals surface area contributed by atoms with Crippen molar-refractivity contribution in [3.63, 3.8) is 0 Å². The molecule has 8 heteroatoms. The van der Waals surface area contributed by atoms with Crippen LogP contribution in [-0.4, -0.2) is 42.5 Å². The highest BCUT2D eigenvalue weighted by molar-refractivity contribution is 7.88. The van der Waals surface area contributed by atoms with Crippen LogP contribution < -0.4 is 10.0 Å². The van der Waals surface area contributed by atoms with E-state index in [1.807, 2.05) is 18.5 Å². The Bertz CT molecular complexity index is 454. The maximum atomic E-state index is 10.8. The smallest absolute Gasteiger partial charge is 0.208 e. The Morgan fingerprint density at radius 3 is 2.53 bits per heavy atom. The standard InChI is InChI=1S/C9H19N5O2S/c1-8-12-13-9(14(8)2)7-10-5-4-6-11-17(3,15)16/h10-11H,4-7H2,1-3H3. The molecule has 17 heavy (non-hydrogen) atoms. The Morgan fingerprint density at radius 1 is 1.29 bits per heavy atom. The molecule has 0 radical (unpaired) electrons. The van der Waals surface area contributed by atoms with Crippen molar-refractivity contribution in [1.29, 1.82) is 0 Å². The van der Waals surface area contributed by atoms with Gasteiger partial charge in [-0.1, -0.05) is 0 Å². The summed E-state index contributed by atoms with van der Waals surface area (Å²) < 4.78 is 25.9. The van der Waals surface area contributed by atoms with Gasteiger partial charge in [0.25, 0.3) is 0 Å². The van der Waals surface area contributed by atoms with Crippen LogP contribution in [0.25, 0.3) is 0 Å². The van der Waals surface area contributed by atoms with Crippen molar-refractivity contribution in [2.75, 3.05) is 19.3 Å². The molecule has 0 aliphatic heterocycles. The van der Waals surface area contributed by atoms with Crippen LogP contribution in [0.4, 0.5) is 0 Å². The van der Waals surface area contributed by atoms with E-state index in [2.05, 4.69) is 20.2 Å². The van der Waals surface area contributed by atoms with E-state index in [-0.39, 0.29) is 0 Å². The van der Waals surface area contributed by atoms with Crippen molar-refractivity contribution in [2.45, 2.75) is 19.9 Å². The summed E-state index contributed by atoms with van der Waals surface area (Å²) in [7, 11) is -1.16. The number of hydrogen-bond donors (Lipinski definition) is 2. The van der Waals surface area contributed by atoms with Crippen molar-refractivity contribution in [2.24, 2.45) is 7.05 Å². The monoisotopic (exact) mass is 261 g/mol. The third kappa shape index (κ3) is 5.24. The van der Waals surface area contributed by atoms with Gasteiger partial charge >= 0.3 is 0 Å². The van der Waals surface area contributed by atoms with Gasteiger partial charge in [-0.2, -0.15) is 0 Å². The number of aryl methyl sites for hydroxylation is 1. The molecule has 0 unspecified atom stereocenters. The molecule has 1 heterocycles. The molecule has 98 valence electrons. The van der Waals surface area contributed by atoms with E-state index < -0.39 is 10.0 Å². The van der Waals surface area contributed by atoms with E-state index in [0.717, 1.165) is 30.9 Å². The molecule has 2 N–H and O–H groups in total. The Morgan fingerprint density at radius 2 is 2.00 bits per heavy atom. The molecule has 0 aromatic carbocycles.